The van der Waals surface area contributed by atoms with Crippen molar-refractivity contribution in [3.63, 3.8) is 0 Å². The van der Waals surface area contributed by atoms with Gasteiger partial charge in [0.25, 0.3) is 10.0 Å². The fourth-order valence-corrected chi connectivity index (χ4v) is 2.19. The van der Waals surface area contributed by atoms with Crippen molar-refractivity contribution >= 4 is 10.0 Å². The van der Waals surface area contributed by atoms with Crippen molar-refractivity contribution < 1.29 is 13.2 Å². The van der Waals surface area contributed by atoms with Crippen LogP contribution in [0.5, 0.6) is 0 Å². The third-order valence-corrected chi connectivity index (χ3v) is 3.62. The SMILES string of the molecule is COC(C)CNS(=O)(=O)c1cn(C)c(C)n1. The molecule has 1 N–H and O–H groups in total. The number of hydrogen-bond donors (Lipinski definition) is 1. The van der Waals surface area contributed by atoms with Gasteiger partial charge < -0.3 is 9.30 Å². The Morgan fingerprint density at radius 1 is 1.62 bits per heavy atom. The normalized spacial score (nSPS) is 14.0. The zero-order valence-electron chi connectivity index (χ0n) is 9.89. The third kappa shape index (κ3) is 3.03. The zero-order valence-corrected chi connectivity index (χ0v) is 10.7. The van der Waals surface area contributed by atoms with Crippen molar-refractivity contribution in [3.05, 3.63) is 12.0 Å². The van der Waals surface area contributed by atoms with Crippen LogP contribution < -0.4 is 4.72 Å². The third-order valence-electron chi connectivity index (χ3n) is 2.33. The first-order valence-corrected chi connectivity index (χ1v) is 6.37. The lowest BCUT2D eigenvalue weighted by Gasteiger charge is -2.09. The number of aryl methyl sites for hydroxylation is 2. The van der Waals surface area contributed by atoms with Crippen LogP contribution in [0.2, 0.25) is 0 Å². The van der Waals surface area contributed by atoms with Gasteiger partial charge in [-0.25, -0.2) is 18.1 Å². The number of hydrogen-bond acceptors (Lipinski definition) is 4. The van der Waals surface area contributed by atoms with Crippen LogP contribution in [0.4, 0.5) is 0 Å². The summed E-state index contributed by atoms with van der Waals surface area (Å²) in [7, 11) is -0.248. The van der Waals surface area contributed by atoms with Gasteiger partial charge in [-0.3, -0.25) is 0 Å². The molecule has 0 amide bonds. The summed E-state index contributed by atoms with van der Waals surface area (Å²) in [6.45, 7) is 3.76. The average molecular weight is 247 g/mol. The predicted octanol–water partition coefficient (Wildman–Crippen LogP) is 0.0417. The molecule has 16 heavy (non-hydrogen) atoms. The van der Waals surface area contributed by atoms with Crippen LogP contribution in [0, 0.1) is 6.92 Å². The molecule has 1 rings (SSSR count). The van der Waals surface area contributed by atoms with E-state index in [2.05, 4.69) is 9.71 Å². The Morgan fingerprint density at radius 3 is 2.69 bits per heavy atom. The molecule has 0 bridgehead atoms. The molecule has 0 fully saturated rings. The van der Waals surface area contributed by atoms with Gasteiger partial charge in [0.05, 0.1) is 6.10 Å². The van der Waals surface area contributed by atoms with Crippen molar-refractivity contribution in [3.8, 4) is 0 Å². The van der Waals surface area contributed by atoms with E-state index in [0.29, 0.717) is 5.82 Å². The summed E-state index contributed by atoms with van der Waals surface area (Å²) in [6.07, 6.45) is 1.31. The lowest BCUT2D eigenvalue weighted by molar-refractivity contribution is 0.122. The van der Waals surface area contributed by atoms with Crippen LogP contribution in [-0.4, -0.2) is 37.7 Å². The topological polar surface area (TPSA) is 73.2 Å². The molecule has 0 saturated heterocycles. The van der Waals surface area contributed by atoms with Gasteiger partial charge in [-0.2, -0.15) is 0 Å². The molecule has 0 aromatic carbocycles. The molecule has 1 unspecified atom stereocenters. The number of nitrogens with one attached hydrogen (secondary N) is 1. The smallest absolute Gasteiger partial charge is 0.259 e. The first-order valence-electron chi connectivity index (χ1n) is 4.89. The van der Waals surface area contributed by atoms with Crippen LogP contribution in [0.3, 0.4) is 0 Å². The molecule has 1 aromatic rings. The maximum atomic E-state index is 11.8. The van der Waals surface area contributed by atoms with Crippen LogP contribution in [0.25, 0.3) is 0 Å². The lowest BCUT2D eigenvalue weighted by atomic mass is 10.4. The fraction of sp³-hybridized carbons (Fsp3) is 0.667. The predicted molar refractivity (Wildman–Crippen MR) is 59.6 cm³/mol. The highest BCUT2D eigenvalue weighted by Crippen LogP contribution is 2.07. The number of ether oxygens (including phenoxy) is 1. The molecule has 1 heterocycles. The minimum atomic E-state index is -3.53. The number of imidazole rings is 1. The molecule has 1 atom stereocenters. The molecule has 0 spiro atoms. The van der Waals surface area contributed by atoms with E-state index in [9.17, 15) is 8.42 Å². The van der Waals surface area contributed by atoms with Crippen molar-refractivity contribution in [1.82, 2.24) is 14.3 Å². The number of sulfonamides is 1. The summed E-state index contributed by atoms with van der Waals surface area (Å²) >= 11 is 0. The van der Waals surface area contributed by atoms with Crippen LogP contribution in [-0.2, 0) is 21.8 Å². The van der Waals surface area contributed by atoms with E-state index in [1.54, 1.807) is 25.5 Å². The first-order chi connectivity index (χ1) is 7.36. The molecular weight excluding hydrogens is 230 g/mol. The van der Waals surface area contributed by atoms with E-state index >= 15 is 0 Å². The standard InChI is InChI=1S/C9H17N3O3S/c1-7(15-4)5-10-16(13,14)9-6-12(3)8(2)11-9/h6-7,10H,5H2,1-4H3. The van der Waals surface area contributed by atoms with Crippen LogP contribution in [0.15, 0.2) is 11.2 Å². The molecule has 0 aliphatic rings. The summed E-state index contributed by atoms with van der Waals surface area (Å²) in [5.74, 6) is 0.653. The van der Waals surface area contributed by atoms with Crippen molar-refractivity contribution in [2.45, 2.75) is 25.0 Å². The second-order valence-corrected chi connectivity index (χ2v) is 5.35. The van der Waals surface area contributed by atoms with E-state index in [1.807, 2.05) is 0 Å². The molecular formula is C9H17N3O3S. The monoisotopic (exact) mass is 247 g/mol. The summed E-state index contributed by atoms with van der Waals surface area (Å²) in [6, 6.07) is 0. The Balaban J connectivity index is 2.78. The van der Waals surface area contributed by atoms with Gasteiger partial charge in [-0.05, 0) is 13.8 Å². The molecule has 0 radical (unpaired) electrons. The molecule has 92 valence electrons. The maximum Gasteiger partial charge on any atom is 0.259 e. The first kappa shape index (κ1) is 13.1. The van der Waals surface area contributed by atoms with Gasteiger partial charge in [0.2, 0.25) is 0 Å². The van der Waals surface area contributed by atoms with Crippen molar-refractivity contribution in [1.29, 1.82) is 0 Å². The Kier molecular flexibility index (Phi) is 4.06. The average Bonchev–Trinajstić information content (AvgIpc) is 2.56. The minimum absolute atomic E-state index is 0.0378. The molecule has 0 aliphatic heterocycles. The van der Waals surface area contributed by atoms with Crippen molar-refractivity contribution in [2.75, 3.05) is 13.7 Å². The lowest BCUT2D eigenvalue weighted by Crippen LogP contribution is -2.31. The summed E-state index contributed by atoms with van der Waals surface area (Å²) in [5, 5.41) is 0.0378. The Labute approximate surface area is 95.7 Å². The van der Waals surface area contributed by atoms with Gasteiger partial charge in [-0.1, -0.05) is 0 Å². The molecule has 6 nitrogen and oxygen atoms in total. The highest BCUT2D eigenvalue weighted by Gasteiger charge is 2.18. The van der Waals surface area contributed by atoms with Crippen LogP contribution >= 0.6 is 0 Å². The highest BCUT2D eigenvalue weighted by atomic mass is 32.2. The van der Waals surface area contributed by atoms with E-state index in [-0.39, 0.29) is 17.7 Å². The highest BCUT2D eigenvalue weighted by molar-refractivity contribution is 7.89. The molecule has 1 aromatic heterocycles. The summed E-state index contributed by atoms with van der Waals surface area (Å²) in [5.41, 5.74) is 0. The molecule has 0 aliphatic carbocycles. The van der Waals surface area contributed by atoms with Crippen molar-refractivity contribution in [2.24, 2.45) is 7.05 Å². The van der Waals surface area contributed by atoms with E-state index < -0.39 is 10.0 Å². The largest absolute Gasteiger partial charge is 0.380 e. The van der Waals surface area contributed by atoms with Gasteiger partial charge >= 0.3 is 0 Å². The number of nitrogens with zero attached hydrogens (tertiary/aromatic N) is 2. The van der Waals surface area contributed by atoms with Gasteiger partial charge in [-0.15, -0.1) is 0 Å². The van der Waals surface area contributed by atoms with Crippen LogP contribution in [0.1, 0.15) is 12.7 Å². The zero-order chi connectivity index (χ0) is 12.3. The van der Waals surface area contributed by atoms with Gasteiger partial charge in [0.15, 0.2) is 5.03 Å². The Bertz CT molecular complexity index is 433. The fourth-order valence-electron chi connectivity index (χ4n) is 1.04. The summed E-state index contributed by atoms with van der Waals surface area (Å²) in [4.78, 5) is 3.96. The number of methoxy groups -OCH3 is 1. The molecule has 0 saturated carbocycles. The second-order valence-electron chi connectivity index (χ2n) is 3.64. The molecule has 7 heteroatoms. The van der Waals surface area contributed by atoms with Gasteiger partial charge in [0.1, 0.15) is 5.82 Å². The van der Waals surface area contributed by atoms with E-state index in [1.165, 1.54) is 13.3 Å². The quantitative estimate of drug-likeness (QED) is 0.797. The Morgan fingerprint density at radius 2 is 2.25 bits per heavy atom. The second kappa shape index (κ2) is 4.94. The van der Waals surface area contributed by atoms with E-state index in [0.717, 1.165) is 0 Å². The maximum absolute atomic E-state index is 11.8. The van der Waals surface area contributed by atoms with Gasteiger partial charge in [0, 0.05) is 26.9 Å². The Hall–Kier alpha value is -0.920. The summed E-state index contributed by atoms with van der Waals surface area (Å²) < 4.78 is 32.6. The number of aromatic nitrogens is 2. The minimum Gasteiger partial charge on any atom is -0.380 e. The number of rotatable bonds is 5. The van der Waals surface area contributed by atoms with E-state index in [4.69, 9.17) is 4.74 Å².